The minimum Gasteiger partial charge on any atom is -0.373 e. The summed E-state index contributed by atoms with van der Waals surface area (Å²) in [6.45, 7) is 4.49. The molecule has 0 radical (unpaired) electrons. The molecule has 2 N–H and O–H groups in total. The predicted molar refractivity (Wildman–Crippen MR) is 87.4 cm³/mol. The Kier molecular flexibility index (Phi) is 3.53. The number of hydrogen-bond donors (Lipinski definition) is 2. The number of anilines is 2. The van der Waals surface area contributed by atoms with Crippen molar-refractivity contribution in [3.05, 3.63) is 36.4 Å². The Morgan fingerprint density at radius 1 is 1.05 bits per heavy atom. The molecule has 0 aliphatic heterocycles. The highest BCUT2D eigenvalue weighted by molar-refractivity contribution is 5.61. The highest BCUT2D eigenvalue weighted by Crippen LogP contribution is 2.41. The molecular formula is C17H22N4. The van der Waals surface area contributed by atoms with Crippen molar-refractivity contribution in [2.75, 3.05) is 17.7 Å². The van der Waals surface area contributed by atoms with Crippen molar-refractivity contribution >= 4 is 11.6 Å². The molecule has 0 spiro atoms. The largest absolute Gasteiger partial charge is 0.373 e. The molecule has 3 rings (SSSR count). The monoisotopic (exact) mass is 282 g/mol. The summed E-state index contributed by atoms with van der Waals surface area (Å²) >= 11 is 0. The third-order valence-corrected chi connectivity index (χ3v) is 4.06. The van der Waals surface area contributed by atoms with Gasteiger partial charge in [-0.25, -0.2) is 9.97 Å². The maximum atomic E-state index is 4.68. The fourth-order valence-electron chi connectivity index (χ4n) is 2.59. The van der Waals surface area contributed by atoms with E-state index in [9.17, 15) is 0 Å². The summed E-state index contributed by atoms with van der Waals surface area (Å²) in [5, 5.41) is 6.69. The van der Waals surface area contributed by atoms with E-state index in [1.54, 1.807) is 0 Å². The van der Waals surface area contributed by atoms with Crippen LogP contribution < -0.4 is 10.6 Å². The van der Waals surface area contributed by atoms with Gasteiger partial charge in [-0.05, 0) is 32.6 Å². The summed E-state index contributed by atoms with van der Waals surface area (Å²) in [6, 6.07) is 12.0. The van der Waals surface area contributed by atoms with Crippen LogP contribution in [0.25, 0.3) is 11.4 Å². The topological polar surface area (TPSA) is 49.8 Å². The average Bonchev–Trinajstić information content (AvgIpc) is 3.32. The molecule has 21 heavy (non-hydrogen) atoms. The van der Waals surface area contributed by atoms with Gasteiger partial charge in [0.1, 0.15) is 11.6 Å². The lowest BCUT2D eigenvalue weighted by atomic mass is 9.99. The molecule has 4 nitrogen and oxygen atoms in total. The van der Waals surface area contributed by atoms with Crippen molar-refractivity contribution in [1.82, 2.24) is 9.97 Å². The zero-order valence-electron chi connectivity index (χ0n) is 12.9. The van der Waals surface area contributed by atoms with Crippen molar-refractivity contribution in [3.8, 4) is 11.4 Å². The van der Waals surface area contributed by atoms with Crippen molar-refractivity contribution in [2.24, 2.45) is 5.92 Å². The van der Waals surface area contributed by atoms with Gasteiger partial charge >= 0.3 is 0 Å². The van der Waals surface area contributed by atoms with Crippen LogP contribution in [0.2, 0.25) is 0 Å². The van der Waals surface area contributed by atoms with Gasteiger partial charge in [-0.15, -0.1) is 0 Å². The average molecular weight is 282 g/mol. The van der Waals surface area contributed by atoms with E-state index in [1.807, 2.05) is 43.4 Å². The van der Waals surface area contributed by atoms with Crippen LogP contribution in [0.4, 0.5) is 11.6 Å². The molecular weight excluding hydrogens is 260 g/mol. The van der Waals surface area contributed by atoms with Crippen molar-refractivity contribution in [3.63, 3.8) is 0 Å². The van der Waals surface area contributed by atoms with E-state index in [-0.39, 0.29) is 5.54 Å². The normalized spacial score (nSPS) is 14.8. The van der Waals surface area contributed by atoms with E-state index in [0.717, 1.165) is 28.9 Å². The highest BCUT2D eigenvalue weighted by atomic mass is 15.1. The first-order valence-electron chi connectivity index (χ1n) is 7.49. The second-order valence-electron chi connectivity index (χ2n) is 6.20. The lowest BCUT2D eigenvalue weighted by molar-refractivity contribution is 0.492. The Balaban J connectivity index is 1.93. The maximum Gasteiger partial charge on any atom is 0.163 e. The van der Waals surface area contributed by atoms with Gasteiger partial charge in [0, 0.05) is 24.2 Å². The Bertz CT molecular complexity index is 618. The number of rotatable bonds is 5. The van der Waals surface area contributed by atoms with Crippen LogP contribution in [0.3, 0.4) is 0 Å². The van der Waals surface area contributed by atoms with Crippen molar-refractivity contribution in [2.45, 2.75) is 32.2 Å². The molecule has 1 saturated carbocycles. The first kappa shape index (κ1) is 13.9. The van der Waals surface area contributed by atoms with Gasteiger partial charge in [-0.3, -0.25) is 0 Å². The smallest absolute Gasteiger partial charge is 0.163 e. The highest BCUT2D eigenvalue weighted by Gasteiger charge is 2.37. The van der Waals surface area contributed by atoms with E-state index >= 15 is 0 Å². The minimum absolute atomic E-state index is 0.0767. The molecule has 0 saturated heterocycles. The van der Waals surface area contributed by atoms with E-state index in [4.69, 9.17) is 0 Å². The lowest BCUT2D eigenvalue weighted by Gasteiger charge is -2.27. The Hall–Kier alpha value is -2.10. The molecule has 1 aromatic heterocycles. The van der Waals surface area contributed by atoms with Gasteiger partial charge < -0.3 is 10.6 Å². The molecule has 0 bridgehead atoms. The van der Waals surface area contributed by atoms with E-state index in [1.165, 1.54) is 12.8 Å². The molecule has 0 atom stereocenters. The molecule has 1 aliphatic carbocycles. The number of nitrogens with one attached hydrogen (secondary N) is 2. The fraction of sp³-hybridized carbons (Fsp3) is 0.412. The molecule has 4 heteroatoms. The van der Waals surface area contributed by atoms with Crippen molar-refractivity contribution in [1.29, 1.82) is 0 Å². The quantitative estimate of drug-likeness (QED) is 0.876. The van der Waals surface area contributed by atoms with Crippen LogP contribution in [-0.2, 0) is 0 Å². The Labute approximate surface area is 126 Å². The molecule has 1 heterocycles. The Morgan fingerprint density at radius 3 is 2.33 bits per heavy atom. The minimum atomic E-state index is 0.0767. The van der Waals surface area contributed by atoms with Gasteiger partial charge in [-0.1, -0.05) is 30.3 Å². The number of aromatic nitrogens is 2. The van der Waals surface area contributed by atoms with Crippen LogP contribution in [0.1, 0.15) is 26.7 Å². The molecule has 1 aliphatic rings. The third-order valence-electron chi connectivity index (χ3n) is 4.06. The van der Waals surface area contributed by atoms with Crippen LogP contribution in [0.15, 0.2) is 36.4 Å². The van der Waals surface area contributed by atoms with E-state index in [0.29, 0.717) is 0 Å². The van der Waals surface area contributed by atoms with Crippen LogP contribution in [0, 0.1) is 5.92 Å². The standard InChI is InChI=1S/C17H22N4/c1-17(2,13-9-10-13)21-15-11-14(18-3)19-16(20-15)12-7-5-4-6-8-12/h4-8,11,13H,9-10H2,1-3H3,(H2,18,19,20,21). The molecule has 0 unspecified atom stereocenters. The van der Waals surface area contributed by atoms with Crippen LogP contribution in [-0.4, -0.2) is 22.6 Å². The van der Waals surface area contributed by atoms with Crippen LogP contribution in [0.5, 0.6) is 0 Å². The van der Waals surface area contributed by atoms with E-state index < -0.39 is 0 Å². The fourth-order valence-corrected chi connectivity index (χ4v) is 2.59. The molecule has 1 aromatic carbocycles. The first-order valence-corrected chi connectivity index (χ1v) is 7.49. The molecule has 2 aromatic rings. The third kappa shape index (κ3) is 3.15. The summed E-state index contributed by atoms with van der Waals surface area (Å²) in [6.07, 6.45) is 2.60. The second kappa shape index (κ2) is 5.35. The van der Waals surface area contributed by atoms with Gasteiger partial charge in [-0.2, -0.15) is 0 Å². The van der Waals surface area contributed by atoms with Gasteiger partial charge in [0.25, 0.3) is 0 Å². The van der Waals surface area contributed by atoms with Crippen molar-refractivity contribution < 1.29 is 0 Å². The Morgan fingerprint density at radius 2 is 1.71 bits per heavy atom. The van der Waals surface area contributed by atoms with Gasteiger partial charge in [0.2, 0.25) is 0 Å². The van der Waals surface area contributed by atoms with Gasteiger partial charge in [0.05, 0.1) is 0 Å². The van der Waals surface area contributed by atoms with Gasteiger partial charge in [0.15, 0.2) is 5.82 Å². The molecule has 110 valence electrons. The number of hydrogen-bond acceptors (Lipinski definition) is 4. The predicted octanol–water partition coefficient (Wildman–Crippen LogP) is 3.79. The maximum absolute atomic E-state index is 4.68. The summed E-state index contributed by atoms with van der Waals surface area (Å²) in [5.41, 5.74) is 1.11. The van der Waals surface area contributed by atoms with E-state index in [2.05, 4.69) is 34.4 Å². The molecule has 0 amide bonds. The SMILES string of the molecule is CNc1cc(NC(C)(C)C2CC2)nc(-c2ccccc2)n1. The summed E-state index contributed by atoms with van der Waals surface area (Å²) in [7, 11) is 1.88. The summed E-state index contributed by atoms with van der Waals surface area (Å²) < 4.78 is 0. The summed E-state index contributed by atoms with van der Waals surface area (Å²) in [4.78, 5) is 9.24. The number of nitrogens with zero attached hydrogens (tertiary/aromatic N) is 2. The summed E-state index contributed by atoms with van der Waals surface area (Å²) in [5.74, 6) is 3.20. The number of benzene rings is 1. The van der Waals surface area contributed by atoms with Crippen LogP contribution >= 0.6 is 0 Å². The zero-order valence-corrected chi connectivity index (χ0v) is 12.9. The second-order valence-corrected chi connectivity index (χ2v) is 6.20. The lowest BCUT2D eigenvalue weighted by Crippen LogP contribution is -2.33. The zero-order chi connectivity index (χ0) is 14.9. The first-order chi connectivity index (χ1) is 10.1. The molecule has 1 fully saturated rings.